The molecule has 0 aliphatic carbocycles. The summed E-state index contributed by atoms with van der Waals surface area (Å²) in [7, 11) is 0. The van der Waals surface area contributed by atoms with E-state index in [1.807, 2.05) is 6.20 Å². The molecule has 2 N–H and O–H groups in total. The van der Waals surface area contributed by atoms with Crippen LogP contribution in [0.15, 0.2) is 35.5 Å². The lowest BCUT2D eigenvalue weighted by Gasteiger charge is -2.35. The van der Waals surface area contributed by atoms with Gasteiger partial charge in [0.2, 0.25) is 0 Å². The molecule has 1 aromatic carbocycles. The molecule has 1 aliphatic rings. The Morgan fingerprint density at radius 2 is 1.87 bits per heavy atom. The van der Waals surface area contributed by atoms with Gasteiger partial charge in [-0.3, -0.25) is 4.90 Å². The molecular formula is C23H36IN5OS. The van der Waals surface area contributed by atoms with Gasteiger partial charge in [-0.05, 0) is 38.3 Å². The van der Waals surface area contributed by atoms with E-state index in [1.165, 1.54) is 16.0 Å². The highest BCUT2D eigenvalue weighted by Crippen LogP contribution is 2.18. The number of morpholine rings is 1. The van der Waals surface area contributed by atoms with Crippen molar-refractivity contribution in [3.63, 3.8) is 0 Å². The van der Waals surface area contributed by atoms with Crippen molar-refractivity contribution in [2.45, 2.75) is 66.0 Å². The van der Waals surface area contributed by atoms with E-state index < -0.39 is 0 Å². The fourth-order valence-electron chi connectivity index (χ4n) is 3.78. The highest BCUT2D eigenvalue weighted by molar-refractivity contribution is 14.0. The van der Waals surface area contributed by atoms with Crippen LogP contribution >= 0.6 is 35.3 Å². The second-order valence-corrected chi connectivity index (χ2v) is 9.04. The van der Waals surface area contributed by atoms with E-state index in [-0.39, 0.29) is 36.2 Å². The van der Waals surface area contributed by atoms with Crippen molar-refractivity contribution >= 4 is 41.3 Å². The molecule has 0 bridgehead atoms. The van der Waals surface area contributed by atoms with Crippen LogP contribution in [0.3, 0.4) is 0 Å². The van der Waals surface area contributed by atoms with Crippen LogP contribution in [0.2, 0.25) is 0 Å². The minimum atomic E-state index is 0. The van der Waals surface area contributed by atoms with Crippen molar-refractivity contribution in [2.24, 2.45) is 4.99 Å². The topological polar surface area (TPSA) is 61.8 Å². The van der Waals surface area contributed by atoms with Gasteiger partial charge in [-0.25, -0.2) is 9.98 Å². The number of guanidine groups is 1. The van der Waals surface area contributed by atoms with Crippen molar-refractivity contribution in [3.8, 4) is 0 Å². The van der Waals surface area contributed by atoms with E-state index in [0.29, 0.717) is 13.1 Å². The number of hydrogen-bond acceptors (Lipinski definition) is 5. The van der Waals surface area contributed by atoms with Gasteiger partial charge in [0.1, 0.15) is 5.01 Å². The number of benzene rings is 1. The molecule has 172 valence electrons. The molecule has 1 fully saturated rings. The standard InChI is InChI=1S/C23H35N5OS.HI/c1-5-21-12-25-22(30-21)13-27-23(24-6-2)26-11-19-9-7-8-10-20(19)16-28-14-17(3)29-18(4)15-28;/h7-10,12,17-18H,5-6,11,13-16H2,1-4H3,(H2,24,26,27);1H. The van der Waals surface area contributed by atoms with E-state index in [9.17, 15) is 0 Å². The second kappa shape index (κ2) is 13.3. The second-order valence-electron chi connectivity index (χ2n) is 7.84. The third-order valence-electron chi connectivity index (χ3n) is 5.12. The van der Waals surface area contributed by atoms with Gasteiger partial charge in [-0.2, -0.15) is 0 Å². The maximum Gasteiger partial charge on any atom is 0.191 e. The Morgan fingerprint density at radius 1 is 1.16 bits per heavy atom. The Morgan fingerprint density at radius 3 is 2.52 bits per heavy atom. The summed E-state index contributed by atoms with van der Waals surface area (Å²) in [5.74, 6) is 0.828. The molecule has 1 aromatic heterocycles. The van der Waals surface area contributed by atoms with Crippen LogP contribution in [-0.2, 0) is 30.8 Å². The van der Waals surface area contributed by atoms with Gasteiger partial charge in [0, 0.05) is 37.3 Å². The van der Waals surface area contributed by atoms with Crippen molar-refractivity contribution in [3.05, 3.63) is 51.5 Å². The Labute approximate surface area is 207 Å². The monoisotopic (exact) mass is 557 g/mol. The zero-order chi connectivity index (χ0) is 21.3. The lowest BCUT2D eigenvalue weighted by molar-refractivity contribution is -0.0705. The summed E-state index contributed by atoms with van der Waals surface area (Å²) in [5.41, 5.74) is 2.61. The number of ether oxygens (including phenoxy) is 1. The number of hydrogen-bond donors (Lipinski definition) is 2. The SMILES string of the molecule is CCNC(=NCc1ccccc1CN1CC(C)OC(C)C1)NCc1ncc(CC)s1.I. The van der Waals surface area contributed by atoms with Gasteiger partial charge >= 0.3 is 0 Å². The van der Waals surface area contributed by atoms with Crippen molar-refractivity contribution < 1.29 is 4.74 Å². The van der Waals surface area contributed by atoms with Gasteiger partial charge in [0.05, 0.1) is 25.3 Å². The molecule has 3 rings (SSSR count). The number of thiazole rings is 1. The molecule has 0 amide bonds. The summed E-state index contributed by atoms with van der Waals surface area (Å²) < 4.78 is 5.88. The first kappa shape index (κ1) is 26.0. The van der Waals surface area contributed by atoms with E-state index >= 15 is 0 Å². The first-order valence-electron chi connectivity index (χ1n) is 11.0. The van der Waals surface area contributed by atoms with Gasteiger partial charge < -0.3 is 15.4 Å². The molecule has 8 heteroatoms. The van der Waals surface area contributed by atoms with Crippen LogP contribution in [0.5, 0.6) is 0 Å². The molecule has 31 heavy (non-hydrogen) atoms. The average molecular weight is 558 g/mol. The average Bonchev–Trinajstić information content (AvgIpc) is 3.18. The summed E-state index contributed by atoms with van der Waals surface area (Å²) in [5, 5.41) is 7.85. The largest absolute Gasteiger partial charge is 0.373 e. The molecule has 0 radical (unpaired) electrons. The fourth-order valence-corrected chi connectivity index (χ4v) is 4.58. The Kier molecular flexibility index (Phi) is 11.2. The van der Waals surface area contributed by atoms with E-state index in [1.54, 1.807) is 11.3 Å². The molecule has 2 aromatic rings. The zero-order valence-corrected chi connectivity index (χ0v) is 22.2. The molecule has 0 spiro atoms. The summed E-state index contributed by atoms with van der Waals surface area (Å²) >= 11 is 1.76. The molecule has 2 atom stereocenters. The predicted molar refractivity (Wildman–Crippen MR) is 140 cm³/mol. The van der Waals surface area contributed by atoms with Gasteiger partial charge in [0.25, 0.3) is 0 Å². The van der Waals surface area contributed by atoms with Crippen molar-refractivity contribution in [1.82, 2.24) is 20.5 Å². The number of rotatable bonds is 8. The van der Waals surface area contributed by atoms with Crippen molar-refractivity contribution in [2.75, 3.05) is 19.6 Å². The van der Waals surface area contributed by atoms with Crippen LogP contribution in [-0.4, -0.2) is 47.7 Å². The lowest BCUT2D eigenvalue weighted by atomic mass is 10.1. The predicted octanol–water partition coefficient (Wildman–Crippen LogP) is 4.19. The van der Waals surface area contributed by atoms with E-state index in [4.69, 9.17) is 9.73 Å². The molecular weight excluding hydrogens is 521 g/mol. The number of nitrogens with zero attached hydrogens (tertiary/aromatic N) is 3. The minimum Gasteiger partial charge on any atom is -0.373 e. The summed E-state index contributed by atoms with van der Waals surface area (Å²) in [6.07, 6.45) is 3.56. The third-order valence-corrected chi connectivity index (χ3v) is 6.26. The van der Waals surface area contributed by atoms with Crippen LogP contribution < -0.4 is 10.6 Å². The number of halogens is 1. The molecule has 1 aliphatic heterocycles. The lowest BCUT2D eigenvalue weighted by Crippen LogP contribution is -2.44. The third kappa shape index (κ3) is 8.32. The zero-order valence-electron chi connectivity index (χ0n) is 19.1. The number of aliphatic imine (C=N–C) groups is 1. The summed E-state index contributed by atoms with van der Waals surface area (Å²) in [6, 6.07) is 8.62. The molecule has 0 saturated carbocycles. The van der Waals surface area contributed by atoms with Gasteiger partial charge in [0.15, 0.2) is 5.96 Å². The fraction of sp³-hybridized carbons (Fsp3) is 0.565. The summed E-state index contributed by atoms with van der Waals surface area (Å²) in [4.78, 5) is 13.1. The van der Waals surface area contributed by atoms with Crippen molar-refractivity contribution in [1.29, 1.82) is 0 Å². The maximum atomic E-state index is 5.88. The van der Waals surface area contributed by atoms with E-state index in [0.717, 1.165) is 43.6 Å². The van der Waals surface area contributed by atoms with Crippen LogP contribution in [0.1, 0.15) is 48.7 Å². The normalized spacial score (nSPS) is 19.7. The summed E-state index contributed by atoms with van der Waals surface area (Å²) in [6.45, 7) is 13.6. The first-order chi connectivity index (χ1) is 14.6. The number of nitrogens with one attached hydrogen (secondary N) is 2. The van der Waals surface area contributed by atoms with Crippen LogP contribution in [0.4, 0.5) is 0 Å². The molecule has 1 saturated heterocycles. The van der Waals surface area contributed by atoms with Crippen LogP contribution in [0, 0.1) is 0 Å². The smallest absolute Gasteiger partial charge is 0.191 e. The Balaban J connectivity index is 0.00000341. The number of aromatic nitrogens is 1. The highest BCUT2D eigenvalue weighted by Gasteiger charge is 2.22. The Hall–Kier alpha value is -1.23. The maximum absolute atomic E-state index is 5.88. The number of aryl methyl sites for hydroxylation is 1. The molecule has 2 heterocycles. The van der Waals surface area contributed by atoms with Crippen LogP contribution in [0.25, 0.3) is 0 Å². The Bertz CT molecular complexity index is 818. The quantitative estimate of drug-likeness (QED) is 0.290. The molecule has 2 unspecified atom stereocenters. The highest BCUT2D eigenvalue weighted by atomic mass is 127. The van der Waals surface area contributed by atoms with Gasteiger partial charge in [-0.15, -0.1) is 35.3 Å². The van der Waals surface area contributed by atoms with Gasteiger partial charge in [-0.1, -0.05) is 31.2 Å². The minimum absolute atomic E-state index is 0. The first-order valence-corrected chi connectivity index (χ1v) is 11.8. The van der Waals surface area contributed by atoms with E-state index in [2.05, 4.69) is 72.5 Å². The molecule has 6 nitrogen and oxygen atoms in total.